The van der Waals surface area contributed by atoms with E-state index >= 15 is 0 Å². The second kappa shape index (κ2) is 7.99. The van der Waals surface area contributed by atoms with Gasteiger partial charge in [-0.15, -0.1) is 0 Å². The predicted molar refractivity (Wildman–Crippen MR) is 101 cm³/mol. The van der Waals surface area contributed by atoms with E-state index < -0.39 is 23.8 Å². The Labute approximate surface area is 160 Å². The van der Waals surface area contributed by atoms with Gasteiger partial charge in [-0.25, -0.2) is 14.1 Å². The number of hydrogen-bond donors (Lipinski definition) is 1. The number of urea groups is 1. The lowest BCUT2D eigenvalue weighted by Gasteiger charge is -2.30. The number of carbonyl (C=O) groups excluding carboxylic acids is 3. The minimum absolute atomic E-state index is 0.180. The molecule has 2 aromatic carbocycles. The van der Waals surface area contributed by atoms with Gasteiger partial charge in [0, 0.05) is 5.71 Å². The molecule has 0 radical (unpaired) electrons. The zero-order valence-electron chi connectivity index (χ0n) is 15.3. The first-order chi connectivity index (χ1) is 13.4. The number of barbiturate groups is 1. The molecule has 1 aliphatic rings. The Kier molecular flexibility index (Phi) is 5.49. The first-order valence-corrected chi connectivity index (χ1v) is 8.49. The van der Waals surface area contributed by atoms with Gasteiger partial charge in [0.1, 0.15) is 11.6 Å². The van der Waals surface area contributed by atoms with Gasteiger partial charge in [-0.05, 0) is 48.9 Å². The monoisotopic (exact) mass is 383 g/mol. The van der Waals surface area contributed by atoms with E-state index in [0.29, 0.717) is 11.4 Å². The highest BCUT2D eigenvalue weighted by Gasteiger charge is 2.42. The second-order valence-electron chi connectivity index (χ2n) is 6.18. The number of aliphatic imine (C=N–C) groups is 1. The molecule has 4 amide bonds. The van der Waals surface area contributed by atoms with Gasteiger partial charge in [-0.3, -0.25) is 19.9 Å². The molecular weight excluding hydrogens is 365 g/mol. The third kappa shape index (κ3) is 3.90. The number of imide groups is 2. The van der Waals surface area contributed by atoms with Crippen LogP contribution in [0.3, 0.4) is 0 Å². The number of rotatable bonds is 5. The van der Waals surface area contributed by atoms with Crippen LogP contribution in [0.15, 0.2) is 53.5 Å². The van der Waals surface area contributed by atoms with Crippen molar-refractivity contribution in [1.82, 2.24) is 5.32 Å². The van der Waals surface area contributed by atoms with Gasteiger partial charge in [0.2, 0.25) is 5.91 Å². The van der Waals surface area contributed by atoms with Crippen LogP contribution in [0.1, 0.15) is 12.5 Å². The number of ether oxygens (including phenoxy) is 1. The zero-order valence-corrected chi connectivity index (χ0v) is 15.3. The maximum absolute atomic E-state index is 13.0. The summed E-state index contributed by atoms with van der Waals surface area (Å²) < 4.78 is 18.1. The van der Waals surface area contributed by atoms with Crippen molar-refractivity contribution < 1.29 is 23.5 Å². The highest BCUT2D eigenvalue weighted by molar-refractivity contribution is 6.35. The standard InChI is InChI=1S/C20H18FN3O4/c1-12(22-11-13-3-5-14(21)6-4-13)17-18(25)23-20(27)24(19(17)26)15-7-9-16(28-2)10-8-15/h3-10,17H,11H2,1-2H3,(H,23,25,27). The summed E-state index contributed by atoms with van der Waals surface area (Å²) in [6.45, 7) is 1.73. The molecule has 0 spiro atoms. The highest BCUT2D eigenvalue weighted by atomic mass is 19.1. The molecule has 7 nitrogen and oxygen atoms in total. The molecule has 1 N–H and O–H groups in total. The lowest BCUT2D eigenvalue weighted by molar-refractivity contribution is -0.131. The number of carbonyl (C=O) groups is 3. The number of halogens is 1. The van der Waals surface area contributed by atoms with E-state index in [4.69, 9.17) is 4.74 Å². The fourth-order valence-corrected chi connectivity index (χ4v) is 2.82. The Bertz CT molecular complexity index is 939. The summed E-state index contributed by atoms with van der Waals surface area (Å²) >= 11 is 0. The number of methoxy groups -OCH3 is 1. The molecule has 1 aliphatic heterocycles. The van der Waals surface area contributed by atoms with Crippen molar-refractivity contribution in [1.29, 1.82) is 0 Å². The highest BCUT2D eigenvalue weighted by Crippen LogP contribution is 2.24. The van der Waals surface area contributed by atoms with Crippen molar-refractivity contribution in [3.8, 4) is 5.75 Å². The number of nitrogens with zero attached hydrogens (tertiary/aromatic N) is 2. The van der Waals surface area contributed by atoms with E-state index in [0.717, 1.165) is 10.5 Å². The minimum Gasteiger partial charge on any atom is -0.497 e. The SMILES string of the molecule is COc1ccc(N2C(=O)NC(=O)C(C(C)=NCc3ccc(F)cc3)C2=O)cc1. The maximum atomic E-state index is 13.0. The Hall–Kier alpha value is -3.55. The van der Waals surface area contributed by atoms with Gasteiger partial charge in [0.05, 0.1) is 19.3 Å². The lowest BCUT2D eigenvalue weighted by atomic mass is 9.99. The van der Waals surface area contributed by atoms with Crippen molar-refractivity contribution in [3.63, 3.8) is 0 Å². The van der Waals surface area contributed by atoms with Crippen LogP contribution in [-0.4, -0.2) is 30.7 Å². The van der Waals surface area contributed by atoms with Crippen molar-refractivity contribution in [2.75, 3.05) is 12.0 Å². The van der Waals surface area contributed by atoms with Crippen LogP contribution in [0.2, 0.25) is 0 Å². The van der Waals surface area contributed by atoms with Crippen LogP contribution in [-0.2, 0) is 16.1 Å². The molecule has 0 saturated carbocycles. The molecule has 1 saturated heterocycles. The average Bonchev–Trinajstić information content (AvgIpc) is 2.67. The number of nitrogens with one attached hydrogen (secondary N) is 1. The molecule has 1 fully saturated rings. The predicted octanol–water partition coefficient (Wildman–Crippen LogP) is 2.69. The van der Waals surface area contributed by atoms with Gasteiger partial charge in [-0.2, -0.15) is 0 Å². The third-order valence-electron chi connectivity index (χ3n) is 4.34. The number of anilines is 1. The van der Waals surface area contributed by atoms with E-state index in [9.17, 15) is 18.8 Å². The average molecular weight is 383 g/mol. The van der Waals surface area contributed by atoms with Crippen molar-refractivity contribution in [2.45, 2.75) is 13.5 Å². The maximum Gasteiger partial charge on any atom is 0.335 e. The molecule has 1 atom stereocenters. The molecule has 8 heteroatoms. The lowest BCUT2D eigenvalue weighted by Crippen LogP contribution is -2.60. The number of amides is 4. The van der Waals surface area contributed by atoms with Crippen LogP contribution >= 0.6 is 0 Å². The fraction of sp³-hybridized carbons (Fsp3) is 0.200. The topological polar surface area (TPSA) is 88.1 Å². The minimum atomic E-state index is -1.22. The number of benzene rings is 2. The van der Waals surface area contributed by atoms with E-state index in [1.165, 1.54) is 19.2 Å². The summed E-state index contributed by atoms with van der Waals surface area (Å²) in [5.74, 6) is -2.42. The van der Waals surface area contributed by atoms with E-state index in [2.05, 4.69) is 10.3 Å². The molecule has 1 unspecified atom stereocenters. The number of hydrogen-bond acceptors (Lipinski definition) is 5. The summed E-state index contributed by atoms with van der Waals surface area (Å²) in [5.41, 5.74) is 1.30. The normalized spacial score (nSPS) is 17.5. The van der Waals surface area contributed by atoms with Crippen LogP contribution < -0.4 is 15.0 Å². The van der Waals surface area contributed by atoms with E-state index in [1.54, 1.807) is 43.3 Å². The van der Waals surface area contributed by atoms with Gasteiger partial charge in [0.15, 0.2) is 5.92 Å². The van der Waals surface area contributed by atoms with Crippen molar-refractivity contribution in [2.24, 2.45) is 10.9 Å². The van der Waals surface area contributed by atoms with Gasteiger partial charge in [0.25, 0.3) is 5.91 Å². The zero-order chi connectivity index (χ0) is 20.3. The molecule has 0 aliphatic carbocycles. The van der Waals surface area contributed by atoms with Crippen LogP contribution in [0.4, 0.5) is 14.9 Å². The van der Waals surface area contributed by atoms with Crippen molar-refractivity contribution >= 4 is 29.2 Å². The Morgan fingerprint density at radius 1 is 1.11 bits per heavy atom. The van der Waals surface area contributed by atoms with E-state index in [1.807, 2.05) is 0 Å². The Morgan fingerprint density at radius 2 is 1.75 bits per heavy atom. The summed E-state index contributed by atoms with van der Waals surface area (Å²) in [5, 5.41) is 2.19. The largest absolute Gasteiger partial charge is 0.497 e. The summed E-state index contributed by atoms with van der Waals surface area (Å²) in [6.07, 6.45) is 0. The van der Waals surface area contributed by atoms with Crippen LogP contribution in [0.5, 0.6) is 5.75 Å². The first kappa shape index (κ1) is 19.2. The second-order valence-corrected chi connectivity index (χ2v) is 6.18. The molecule has 144 valence electrons. The molecule has 2 aromatic rings. The Morgan fingerprint density at radius 3 is 2.36 bits per heavy atom. The Balaban J connectivity index is 1.83. The van der Waals surface area contributed by atoms with Gasteiger partial charge < -0.3 is 4.74 Å². The smallest absolute Gasteiger partial charge is 0.335 e. The van der Waals surface area contributed by atoms with Gasteiger partial charge in [-0.1, -0.05) is 12.1 Å². The van der Waals surface area contributed by atoms with Crippen LogP contribution in [0, 0.1) is 11.7 Å². The fourth-order valence-electron chi connectivity index (χ4n) is 2.82. The quantitative estimate of drug-likeness (QED) is 0.635. The summed E-state index contributed by atoms with van der Waals surface area (Å²) in [7, 11) is 1.50. The molecular formula is C20H18FN3O4. The molecule has 3 rings (SSSR count). The van der Waals surface area contributed by atoms with Crippen molar-refractivity contribution in [3.05, 3.63) is 59.9 Å². The summed E-state index contributed by atoms with van der Waals surface area (Å²) in [6, 6.07) is 11.3. The van der Waals surface area contributed by atoms with Crippen LogP contribution in [0.25, 0.3) is 0 Å². The molecule has 0 bridgehead atoms. The van der Waals surface area contributed by atoms with E-state index in [-0.39, 0.29) is 18.1 Å². The molecule has 28 heavy (non-hydrogen) atoms. The summed E-state index contributed by atoms with van der Waals surface area (Å²) in [4.78, 5) is 42.5. The third-order valence-corrected chi connectivity index (χ3v) is 4.34. The van der Waals surface area contributed by atoms with Gasteiger partial charge >= 0.3 is 6.03 Å². The molecule has 1 heterocycles. The molecule has 0 aromatic heterocycles. The first-order valence-electron chi connectivity index (χ1n) is 8.49.